The van der Waals surface area contributed by atoms with E-state index in [0.717, 1.165) is 48.7 Å². The first kappa shape index (κ1) is 17.1. The van der Waals surface area contributed by atoms with Gasteiger partial charge in [-0.2, -0.15) is 5.10 Å². The monoisotopic (exact) mass is 354 g/mol. The van der Waals surface area contributed by atoms with Gasteiger partial charge in [-0.1, -0.05) is 6.42 Å². The highest BCUT2D eigenvalue weighted by molar-refractivity contribution is 5.76. The molecule has 0 aliphatic carbocycles. The normalized spacial score (nSPS) is 20.0. The van der Waals surface area contributed by atoms with Gasteiger partial charge in [-0.25, -0.2) is 9.97 Å². The predicted octanol–water partition coefficient (Wildman–Crippen LogP) is 1.77. The molecule has 7 heteroatoms. The predicted molar refractivity (Wildman–Crippen MR) is 97.3 cm³/mol. The van der Waals surface area contributed by atoms with Gasteiger partial charge >= 0.3 is 0 Å². The van der Waals surface area contributed by atoms with E-state index < -0.39 is 0 Å². The van der Waals surface area contributed by atoms with Crippen LogP contribution in [-0.4, -0.2) is 43.6 Å². The fraction of sp³-hybridized carbons (Fsp3) is 0.579. The van der Waals surface area contributed by atoms with Gasteiger partial charge in [0.1, 0.15) is 5.82 Å². The van der Waals surface area contributed by atoms with Gasteiger partial charge in [0.15, 0.2) is 0 Å². The second-order valence-electron chi connectivity index (χ2n) is 7.21. The maximum absolute atomic E-state index is 12.6. The van der Waals surface area contributed by atoms with Crippen molar-refractivity contribution in [1.29, 1.82) is 0 Å². The molecule has 0 aromatic carbocycles. The third kappa shape index (κ3) is 3.62. The zero-order chi connectivity index (χ0) is 17.9. The molecule has 0 radical (unpaired) electrons. The van der Waals surface area contributed by atoms with Crippen LogP contribution in [0.25, 0.3) is 0 Å². The van der Waals surface area contributed by atoms with Crippen molar-refractivity contribution >= 4 is 5.91 Å². The van der Waals surface area contributed by atoms with E-state index in [1.54, 1.807) is 6.20 Å². The van der Waals surface area contributed by atoms with Crippen LogP contribution in [0, 0.1) is 6.92 Å². The zero-order valence-corrected chi connectivity index (χ0v) is 15.3. The Labute approximate surface area is 153 Å². The van der Waals surface area contributed by atoms with Crippen LogP contribution < -0.4 is 5.32 Å². The maximum Gasteiger partial charge on any atom is 0.224 e. The van der Waals surface area contributed by atoms with Gasteiger partial charge in [0.05, 0.1) is 11.7 Å². The second kappa shape index (κ2) is 7.53. The number of hydrogen-bond acceptors (Lipinski definition) is 5. The Hall–Kier alpha value is -2.28. The minimum atomic E-state index is 0.170. The van der Waals surface area contributed by atoms with Crippen LogP contribution >= 0.6 is 0 Å². The Kier molecular flexibility index (Phi) is 4.97. The number of fused-ring (bicyclic) bond motifs is 1. The number of amides is 1. The van der Waals surface area contributed by atoms with Crippen molar-refractivity contribution in [3.05, 3.63) is 41.2 Å². The van der Waals surface area contributed by atoms with Crippen molar-refractivity contribution in [1.82, 2.24) is 30.0 Å². The summed E-state index contributed by atoms with van der Waals surface area (Å²) >= 11 is 0. The third-order valence-corrected chi connectivity index (χ3v) is 5.39. The zero-order valence-electron chi connectivity index (χ0n) is 15.3. The molecule has 1 atom stereocenters. The topological polar surface area (TPSA) is 75.9 Å². The molecule has 138 valence electrons. The molecule has 2 aliphatic heterocycles. The van der Waals surface area contributed by atoms with Crippen LogP contribution in [0.3, 0.4) is 0 Å². The van der Waals surface area contributed by atoms with E-state index in [-0.39, 0.29) is 11.9 Å². The highest BCUT2D eigenvalue weighted by Gasteiger charge is 2.24. The van der Waals surface area contributed by atoms with Crippen LogP contribution in [0.5, 0.6) is 0 Å². The molecular weight excluding hydrogens is 328 g/mol. The summed E-state index contributed by atoms with van der Waals surface area (Å²) in [6.45, 7) is 5.03. The summed E-state index contributed by atoms with van der Waals surface area (Å²) in [7, 11) is 0. The summed E-state index contributed by atoms with van der Waals surface area (Å²) in [5, 5.41) is 7.75. The number of aromatic nitrogens is 4. The summed E-state index contributed by atoms with van der Waals surface area (Å²) in [5.74, 6) is 1.08. The SMILES string of the molecule is Cc1ccnn1CCC(=O)N1CCc2nc([C@H]3CCCCN3)ncc2C1. The van der Waals surface area contributed by atoms with E-state index in [1.807, 2.05) is 28.8 Å². The minimum absolute atomic E-state index is 0.170. The molecule has 26 heavy (non-hydrogen) atoms. The average Bonchev–Trinajstić information content (AvgIpc) is 3.10. The molecule has 1 fully saturated rings. The fourth-order valence-corrected chi connectivity index (χ4v) is 3.78. The number of aryl methyl sites for hydroxylation is 2. The number of piperidine rings is 1. The van der Waals surface area contributed by atoms with E-state index in [2.05, 4.69) is 15.4 Å². The highest BCUT2D eigenvalue weighted by Crippen LogP contribution is 2.23. The van der Waals surface area contributed by atoms with Gasteiger partial charge in [-0.15, -0.1) is 0 Å². The van der Waals surface area contributed by atoms with Gasteiger partial charge in [-0.05, 0) is 32.4 Å². The largest absolute Gasteiger partial charge is 0.338 e. The van der Waals surface area contributed by atoms with Crippen molar-refractivity contribution < 1.29 is 4.79 Å². The number of nitrogens with one attached hydrogen (secondary N) is 1. The number of carbonyl (C=O) groups is 1. The Morgan fingerprint density at radius 1 is 1.38 bits per heavy atom. The van der Waals surface area contributed by atoms with Crippen molar-refractivity contribution in [3.63, 3.8) is 0 Å². The van der Waals surface area contributed by atoms with Gasteiger partial charge < -0.3 is 10.2 Å². The molecule has 2 aliphatic rings. The smallest absolute Gasteiger partial charge is 0.224 e. The lowest BCUT2D eigenvalue weighted by Crippen LogP contribution is -2.37. The van der Waals surface area contributed by atoms with E-state index in [0.29, 0.717) is 19.5 Å². The van der Waals surface area contributed by atoms with Crippen molar-refractivity contribution in [2.45, 2.75) is 58.2 Å². The summed E-state index contributed by atoms with van der Waals surface area (Å²) in [6.07, 6.45) is 8.55. The Bertz CT molecular complexity index is 780. The van der Waals surface area contributed by atoms with Gasteiger partial charge in [0.2, 0.25) is 5.91 Å². The lowest BCUT2D eigenvalue weighted by Gasteiger charge is -2.29. The van der Waals surface area contributed by atoms with E-state index in [1.165, 1.54) is 12.8 Å². The third-order valence-electron chi connectivity index (χ3n) is 5.39. The Morgan fingerprint density at radius 2 is 2.31 bits per heavy atom. The van der Waals surface area contributed by atoms with Crippen LogP contribution in [0.4, 0.5) is 0 Å². The number of hydrogen-bond donors (Lipinski definition) is 1. The molecule has 0 bridgehead atoms. The molecule has 0 unspecified atom stereocenters. The molecule has 0 saturated carbocycles. The minimum Gasteiger partial charge on any atom is -0.338 e. The van der Waals surface area contributed by atoms with Gasteiger partial charge in [0.25, 0.3) is 0 Å². The van der Waals surface area contributed by atoms with Crippen molar-refractivity contribution in [2.75, 3.05) is 13.1 Å². The summed E-state index contributed by atoms with van der Waals surface area (Å²) in [6, 6.07) is 2.24. The lowest BCUT2D eigenvalue weighted by molar-refractivity contribution is -0.132. The van der Waals surface area contributed by atoms with Gasteiger partial charge in [-0.3, -0.25) is 9.48 Å². The van der Waals surface area contributed by atoms with Crippen molar-refractivity contribution in [3.8, 4) is 0 Å². The summed E-state index contributed by atoms with van der Waals surface area (Å²) in [4.78, 5) is 23.9. The van der Waals surface area contributed by atoms with Crippen LogP contribution in [-0.2, 0) is 24.3 Å². The molecule has 4 rings (SSSR count). The van der Waals surface area contributed by atoms with Crippen LogP contribution in [0.15, 0.2) is 18.5 Å². The molecule has 1 saturated heterocycles. The number of nitrogens with zero attached hydrogens (tertiary/aromatic N) is 5. The molecule has 2 aromatic rings. The molecule has 4 heterocycles. The van der Waals surface area contributed by atoms with E-state index >= 15 is 0 Å². The first-order chi connectivity index (χ1) is 12.7. The first-order valence-corrected chi connectivity index (χ1v) is 9.55. The van der Waals surface area contributed by atoms with Crippen LogP contribution in [0.1, 0.15) is 54.5 Å². The van der Waals surface area contributed by atoms with Crippen molar-refractivity contribution in [2.24, 2.45) is 0 Å². The molecule has 7 nitrogen and oxygen atoms in total. The summed E-state index contributed by atoms with van der Waals surface area (Å²) < 4.78 is 1.88. The molecule has 2 aromatic heterocycles. The van der Waals surface area contributed by atoms with Crippen LogP contribution in [0.2, 0.25) is 0 Å². The van der Waals surface area contributed by atoms with E-state index in [4.69, 9.17) is 4.98 Å². The van der Waals surface area contributed by atoms with Gasteiger partial charge in [0, 0.05) is 56.1 Å². The van der Waals surface area contributed by atoms with E-state index in [9.17, 15) is 4.79 Å². The summed E-state index contributed by atoms with van der Waals surface area (Å²) in [5.41, 5.74) is 3.27. The number of rotatable bonds is 4. The highest BCUT2D eigenvalue weighted by atomic mass is 16.2. The standard InChI is InChI=1S/C19H26N6O/c1-14-5-9-22-25(14)11-7-18(26)24-10-6-16-15(13-24)12-21-19(23-16)17-4-2-3-8-20-17/h5,9,12,17,20H,2-4,6-8,10-11,13H2,1H3/t17-/m1/s1. The second-order valence-corrected chi connectivity index (χ2v) is 7.21. The molecule has 1 amide bonds. The fourth-order valence-electron chi connectivity index (χ4n) is 3.78. The number of carbonyl (C=O) groups excluding carboxylic acids is 1. The Balaban J connectivity index is 1.38. The molecule has 0 spiro atoms. The molecule has 1 N–H and O–H groups in total. The lowest BCUT2D eigenvalue weighted by atomic mass is 10.0. The maximum atomic E-state index is 12.6. The quantitative estimate of drug-likeness (QED) is 0.906. The Morgan fingerprint density at radius 3 is 3.08 bits per heavy atom. The first-order valence-electron chi connectivity index (χ1n) is 9.55. The molecular formula is C19H26N6O. The average molecular weight is 354 g/mol.